The van der Waals surface area contributed by atoms with Crippen molar-refractivity contribution in [3.8, 4) is 0 Å². The number of ketones is 1. The zero-order valence-electron chi connectivity index (χ0n) is 11.6. The zero-order valence-corrected chi connectivity index (χ0v) is 12.4. The molecule has 1 aromatic carbocycles. The molecule has 0 bridgehead atoms. The Labute approximate surface area is 122 Å². The maximum atomic E-state index is 12.5. The largest absolute Gasteiger partial charge is 0.300 e. The first kappa shape index (κ1) is 15.6. The number of benzene rings is 1. The van der Waals surface area contributed by atoms with E-state index in [4.69, 9.17) is 0 Å². The molecule has 0 atom stereocenters. The van der Waals surface area contributed by atoms with E-state index < -0.39 is 14.9 Å². The first-order chi connectivity index (χ1) is 9.82. The summed E-state index contributed by atoms with van der Waals surface area (Å²) in [4.78, 5) is 21.3. The molecule has 1 aromatic rings. The molecule has 1 aliphatic rings. The van der Waals surface area contributed by atoms with E-state index in [-0.39, 0.29) is 22.4 Å². The molecule has 0 heterocycles. The van der Waals surface area contributed by atoms with Crippen molar-refractivity contribution < 1.29 is 18.1 Å². The fourth-order valence-corrected chi connectivity index (χ4v) is 3.81. The number of carbonyl (C=O) groups excluding carboxylic acids is 1. The summed E-state index contributed by atoms with van der Waals surface area (Å²) in [5.41, 5.74) is -0.153. The zero-order chi connectivity index (χ0) is 15.6. The highest BCUT2D eigenvalue weighted by Crippen LogP contribution is 2.26. The number of carbonyl (C=O) groups is 1. The summed E-state index contributed by atoms with van der Waals surface area (Å²) in [5, 5.41) is 10.6. The van der Waals surface area contributed by atoms with Gasteiger partial charge in [0.15, 0.2) is 0 Å². The van der Waals surface area contributed by atoms with Crippen LogP contribution < -0.4 is 0 Å². The Bertz CT molecular complexity index is 644. The molecular weight excluding hydrogens is 296 g/mol. The Morgan fingerprint density at radius 2 is 1.71 bits per heavy atom. The van der Waals surface area contributed by atoms with Crippen molar-refractivity contribution in [3.63, 3.8) is 0 Å². The third-order valence-electron chi connectivity index (χ3n) is 3.75. The molecule has 1 saturated carbocycles. The van der Waals surface area contributed by atoms with Crippen LogP contribution in [0.3, 0.4) is 0 Å². The monoisotopic (exact) mass is 312 g/mol. The van der Waals surface area contributed by atoms with Gasteiger partial charge >= 0.3 is 0 Å². The van der Waals surface area contributed by atoms with Gasteiger partial charge in [0.05, 0.1) is 9.82 Å². The lowest BCUT2D eigenvalue weighted by Gasteiger charge is -2.29. The molecule has 0 N–H and O–H groups in total. The summed E-state index contributed by atoms with van der Waals surface area (Å²) in [6.45, 7) is 0. The molecule has 0 saturated heterocycles. The number of nitrogens with zero attached hydrogens (tertiary/aromatic N) is 2. The second-order valence-electron chi connectivity index (χ2n) is 5.04. The lowest BCUT2D eigenvalue weighted by Crippen LogP contribution is -2.39. The standard InChI is InChI=1S/C13H16N2O5S/c1-14(10-2-6-12(16)7-3-10)21(19,20)13-8-4-11(5-9-13)15(17)18/h4-5,8-10H,2-3,6-7H2,1H3. The van der Waals surface area contributed by atoms with Crippen molar-refractivity contribution >= 4 is 21.5 Å². The van der Waals surface area contributed by atoms with Crippen LogP contribution in [0.15, 0.2) is 29.2 Å². The van der Waals surface area contributed by atoms with Crippen LogP contribution in [-0.2, 0) is 14.8 Å². The lowest BCUT2D eigenvalue weighted by molar-refractivity contribution is -0.384. The van der Waals surface area contributed by atoms with Crippen LogP contribution in [0, 0.1) is 10.1 Å². The molecule has 1 fully saturated rings. The molecule has 7 nitrogen and oxygen atoms in total. The maximum absolute atomic E-state index is 12.5. The molecule has 114 valence electrons. The number of sulfonamides is 1. The minimum Gasteiger partial charge on any atom is -0.300 e. The fourth-order valence-electron chi connectivity index (χ4n) is 2.39. The molecule has 8 heteroatoms. The molecular formula is C13H16N2O5S. The van der Waals surface area contributed by atoms with Gasteiger partial charge in [-0.3, -0.25) is 14.9 Å². The number of non-ortho nitro benzene ring substituents is 1. The van der Waals surface area contributed by atoms with Crippen LogP contribution in [0.25, 0.3) is 0 Å². The maximum Gasteiger partial charge on any atom is 0.269 e. The molecule has 21 heavy (non-hydrogen) atoms. The van der Waals surface area contributed by atoms with Gasteiger partial charge in [-0.1, -0.05) is 0 Å². The predicted octanol–water partition coefficient (Wildman–Crippen LogP) is 1.73. The van der Waals surface area contributed by atoms with Crippen LogP contribution in [0.5, 0.6) is 0 Å². The molecule has 0 radical (unpaired) electrons. The van der Waals surface area contributed by atoms with Crippen LogP contribution in [-0.4, -0.2) is 36.5 Å². The van der Waals surface area contributed by atoms with E-state index in [1.807, 2.05) is 0 Å². The van der Waals surface area contributed by atoms with Gasteiger partial charge in [-0.2, -0.15) is 4.31 Å². The Balaban J connectivity index is 2.20. The molecule has 0 amide bonds. The van der Waals surface area contributed by atoms with Crippen LogP contribution in [0.2, 0.25) is 0 Å². The first-order valence-corrected chi connectivity index (χ1v) is 8.00. The highest BCUT2D eigenvalue weighted by atomic mass is 32.2. The van der Waals surface area contributed by atoms with E-state index in [2.05, 4.69) is 0 Å². The normalized spacial score (nSPS) is 17.1. The van der Waals surface area contributed by atoms with Crippen molar-refractivity contribution in [2.45, 2.75) is 36.6 Å². The summed E-state index contributed by atoms with van der Waals surface area (Å²) in [6, 6.07) is 4.61. The van der Waals surface area contributed by atoms with E-state index >= 15 is 0 Å². The highest BCUT2D eigenvalue weighted by Gasteiger charge is 2.31. The molecule has 0 spiro atoms. The lowest BCUT2D eigenvalue weighted by atomic mass is 9.95. The van der Waals surface area contributed by atoms with Gasteiger partial charge in [-0.05, 0) is 25.0 Å². The first-order valence-electron chi connectivity index (χ1n) is 6.56. The second kappa shape index (κ2) is 5.90. The second-order valence-corrected chi connectivity index (χ2v) is 7.04. The highest BCUT2D eigenvalue weighted by molar-refractivity contribution is 7.89. The van der Waals surface area contributed by atoms with E-state index in [9.17, 15) is 23.3 Å². The van der Waals surface area contributed by atoms with E-state index in [1.165, 1.54) is 35.6 Å². The van der Waals surface area contributed by atoms with Gasteiger partial charge in [-0.15, -0.1) is 0 Å². The van der Waals surface area contributed by atoms with Gasteiger partial charge in [-0.25, -0.2) is 8.42 Å². The number of hydrogen-bond acceptors (Lipinski definition) is 5. The van der Waals surface area contributed by atoms with Gasteiger partial charge < -0.3 is 0 Å². The number of nitro benzene ring substituents is 1. The average molecular weight is 312 g/mol. The smallest absolute Gasteiger partial charge is 0.269 e. The number of hydrogen-bond donors (Lipinski definition) is 0. The molecule has 0 aromatic heterocycles. The van der Waals surface area contributed by atoms with Crippen LogP contribution in [0.4, 0.5) is 5.69 Å². The molecule has 0 aliphatic heterocycles. The predicted molar refractivity (Wildman–Crippen MR) is 75.3 cm³/mol. The number of nitro groups is 1. The van der Waals surface area contributed by atoms with E-state index in [0.717, 1.165) is 0 Å². The quantitative estimate of drug-likeness (QED) is 0.623. The van der Waals surface area contributed by atoms with Crippen molar-refractivity contribution in [2.75, 3.05) is 7.05 Å². The summed E-state index contributed by atoms with van der Waals surface area (Å²) in [7, 11) is -2.22. The summed E-state index contributed by atoms with van der Waals surface area (Å²) in [5.74, 6) is 0.160. The van der Waals surface area contributed by atoms with E-state index in [0.29, 0.717) is 25.7 Å². The SMILES string of the molecule is CN(C1CCC(=O)CC1)S(=O)(=O)c1ccc([N+](=O)[O-])cc1. The topological polar surface area (TPSA) is 97.6 Å². The van der Waals surface area contributed by atoms with Gasteiger partial charge in [0.25, 0.3) is 5.69 Å². The van der Waals surface area contributed by atoms with Crippen molar-refractivity contribution in [2.24, 2.45) is 0 Å². The van der Waals surface area contributed by atoms with Crippen molar-refractivity contribution in [1.29, 1.82) is 0 Å². The molecule has 0 unspecified atom stereocenters. The Morgan fingerprint density at radius 1 is 1.19 bits per heavy atom. The molecule has 2 rings (SSSR count). The summed E-state index contributed by atoms with van der Waals surface area (Å²) >= 11 is 0. The Hall–Kier alpha value is -1.80. The minimum absolute atomic E-state index is 0.0208. The van der Waals surface area contributed by atoms with E-state index in [1.54, 1.807) is 0 Å². The molecule has 1 aliphatic carbocycles. The number of rotatable bonds is 4. The Morgan fingerprint density at radius 3 is 2.19 bits per heavy atom. The van der Waals surface area contributed by atoms with Crippen molar-refractivity contribution in [3.05, 3.63) is 34.4 Å². The van der Waals surface area contributed by atoms with Gasteiger partial charge in [0, 0.05) is 38.1 Å². The van der Waals surface area contributed by atoms with Crippen LogP contribution >= 0.6 is 0 Å². The Kier molecular flexibility index (Phi) is 4.38. The van der Waals surface area contributed by atoms with Crippen molar-refractivity contribution in [1.82, 2.24) is 4.31 Å². The third-order valence-corrected chi connectivity index (χ3v) is 5.68. The minimum atomic E-state index is -3.70. The van der Waals surface area contributed by atoms with Gasteiger partial charge in [0.2, 0.25) is 10.0 Å². The van der Waals surface area contributed by atoms with Crippen LogP contribution in [0.1, 0.15) is 25.7 Å². The van der Waals surface area contributed by atoms with Gasteiger partial charge in [0.1, 0.15) is 5.78 Å². The third kappa shape index (κ3) is 3.27. The summed E-state index contributed by atoms with van der Waals surface area (Å²) < 4.78 is 26.2. The number of Topliss-reactive ketones (excluding diaryl/α,β-unsaturated/α-hetero) is 1. The average Bonchev–Trinajstić information content (AvgIpc) is 2.47. The summed E-state index contributed by atoms with van der Waals surface area (Å²) in [6.07, 6.45) is 1.82. The fraction of sp³-hybridized carbons (Fsp3) is 0.462.